The highest BCUT2D eigenvalue weighted by atomic mass is 32.1. The molecule has 2 nitrogen and oxygen atoms in total. The Morgan fingerprint density at radius 1 is 1.14 bits per heavy atom. The maximum Gasteiger partial charge on any atom is 0.210 e. The van der Waals surface area contributed by atoms with E-state index in [4.69, 9.17) is 4.74 Å². The minimum atomic E-state index is 0.0469. The summed E-state index contributed by atoms with van der Waals surface area (Å²) in [6.07, 6.45) is 2.09. The molecule has 0 aliphatic rings. The van der Waals surface area contributed by atoms with Gasteiger partial charge < -0.3 is 4.74 Å². The maximum atomic E-state index is 12.1. The molecule has 1 aromatic heterocycles. The third-order valence-corrected chi connectivity index (χ3v) is 4.99. The fourth-order valence-electron chi connectivity index (χ4n) is 2.07. The van der Waals surface area contributed by atoms with E-state index in [0.717, 1.165) is 23.5 Å². The lowest BCUT2D eigenvalue weighted by Crippen LogP contribution is -2.10. The van der Waals surface area contributed by atoms with Crippen molar-refractivity contribution in [3.8, 4) is 5.75 Å². The van der Waals surface area contributed by atoms with E-state index in [1.807, 2.05) is 24.3 Å². The highest BCUT2D eigenvalue weighted by molar-refractivity contribution is 7.14. The first-order valence-corrected chi connectivity index (χ1v) is 8.30. The van der Waals surface area contributed by atoms with Crippen LogP contribution in [0.5, 0.6) is 5.75 Å². The van der Waals surface area contributed by atoms with Gasteiger partial charge in [0.1, 0.15) is 5.75 Å². The largest absolute Gasteiger partial charge is 0.485 e. The SMILES string of the molecule is CCc1ccc(C(=O)COc2ccc(C(C)CC)cc2)s1. The fraction of sp³-hybridized carbons (Fsp3) is 0.389. The number of Topliss-reactive ketones (excluding diaryl/α,β-unsaturated/α-hetero) is 1. The van der Waals surface area contributed by atoms with Crippen LogP contribution in [0.3, 0.4) is 0 Å². The second-order valence-electron chi connectivity index (χ2n) is 5.21. The summed E-state index contributed by atoms with van der Waals surface area (Å²) in [6, 6.07) is 11.9. The molecule has 1 aromatic carbocycles. The lowest BCUT2D eigenvalue weighted by molar-refractivity contribution is 0.0925. The van der Waals surface area contributed by atoms with Crippen LogP contribution in [0.25, 0.3) is 0 Å². The van der Waals surface area contributed by atoms with Gasteiger partial charge in [0.25, 0.3) is 0 Å². The first kappa shape index (κ1) is 15.8. The number of hydrogen-bond donors (Lipinski definition) is 0. The lowest BCUT2D eigenvalue weighted by Gasteiger charge is -2.10. The number of hydrogen-bond acceptors (Lipinski definition) is 3. The summed E-state index contributed by atoms with van der Waals surface area (Å²) >= 11 is 1.56. The van der Waals surface area contributed by atoms with E-state index in [0.29, 0.717) is 5.92 Å². The summed E-state index contributed by atoms with van der Waals surface area (Å²) in [5.74, 6) is 1.35. The van der Waals surface area contributed by atoms with Crippen LogP contribution in [0.1, 0.15) is 53.2 Å². The van der Waals surface area contributed by atoms with E-state index in [1.54, 1.807) is 11.3 Å². The number of rotatable bonds is 7. The zero-order chi connectivity index (χ0) is 15.2. The topological polar surface area (TPSA) is 26.3 Å². The molecule has 0 saturated heterocycles. The molecule has 0 N–H and O–H groups in total. The first-order chi connectivity index (χ1) is 10.1. The highest BCUT2D eigenvalue weighted by Gasteiger charge is 2.10. The van der Waals surface area contributed by atoms with Gasteiger partial charge in [0.2, 0.25) is 5.78 Å². The molecular formula is C18H22O2S. The summed E-state index contributed by atoms with van der Waals surface area (Å²) in [7, 11) is 0. The Morgan fingerprint density at radius 3 is 2.43 bits per heavy atom. The molecule has 1 atom stereocenters. The number of carbonyl (C=O) groups is 1. The Labute approximate surface area is 130 Å². The molecule has 3 heteroatoms. The average molecular weight is 302 g/mol. The predicted molar refractivity (Wildman–Crippen MR) is 88.7 cm³/mol. The van der Waals surface area contributed by atoms with Crippen LogP contribution in [0, 0.1) is 0 Å². The zero-order valence-corrected chi connectivity index (χ0v) is 13.7. The average Bonchev–Trinajstić information content (AvgIpc) is 3.01. The molecule has 0 aliphatic heterocycles. The number of benzene rings is 1. The van der Waals surface area contributed by atoms with Crippen molar-refractivity contribution in [2.24, 2.45) is 0 Å². The van der Waals surface area contributed by atoms with Crippen molar-refractivity contribution in [2.75, 3.05) is 6.61 Å². The molecule has 112 valence electrons. The van der Waals surface area contributed by atoms with E-state index >= 15 is 0 Å². The van der Waals surface area contributed by atoms with Crippen molar-refractivity contribution in [1.82, 2.24) is 0 Å². The number of aryl methyl sites for hydroxylation is 1. The summed E-state index contributed by atoms with van der Waals surface area (Å²) in [5.41, 5.74) is 1.31. The van der Waals surface area contributed by atoms with Crippen LogP contribution in [-0.4, -0.2) is 12.4 Å². The van der Waals surface area contributed by atoms with Crippen LogP contribution in [0.4, 0.5) is 0 Å². The summed E-state index contributed by atoms with van der Waals surface area (Å²) in [5, 5.41) is 0. The summed E-state index contributed by atoms with van der Waals surface area (Å²) in [4.78, 5) is 14.1. The van der Waals surface area contributed by atoms with Gasteiger partial charge in [0.15, 0.2) is 6.61 Å². The Kier molecular flexibility index (Phi) is 5.57. The normalized spacial score (nSPS) is 12.1. The first-order valence-electron chi connectivity index (χ1n) is 7.48. The Balaban J connectivity index is 1.92. The quantitative estimate of drug-likeness (QED) is 0.666. The molecule has 0 bridgehead atoms. The fourth-order valence-corrected chi connectivity index (χ4v) is 2.94. The second kappa shape index (κ2) is 7.41. The third kappa shape index (κ3) is 4.18. The van der Waals surface area contributed by atoms with Crippen molar-refractivity contribution in [3.63, 3.8) is 0 Å². The molecular weight excluding hydrogens is 280 g/mol. The number of carbonyl (C=O) groups excluding carboxylic acids is 1. The highest BCUT2D eigenvalue weighted by Crippen LogP contribution is 2.22. The van der Waals surface area contributed by atoms with Crippen molar-refractivity contribution >= 4 is 17.1 Å². The Bertz CT molecular complexity index is 584. The van der Waals surface area contributed by atoms with E-state index in [1.165, 1.54) is 10.4 Å². The number of thiophene rings is 1. The van der Waals surface area contributed by atoms with Gasteiger partial charge in [-0.3, -0.25) is 4.79 Å². The molecule has 2 aromatic rings. The van der Waals surface area contributed by atoms with Crippen molar-refractivity contribution in [2.45, 2.75) is 39.5 Å². The zero-order valence-electron chi connectivity index (χ0n) is 12.9. The van der Waals surface area contributed by atoms with Crippen molar-refractivity contribution in [3.05, 3.63) is 51.7 Å². The monoisotopic (exact) mass is 302 g/mol. The minimum Gasteiger partial charge on any atom is -0.485 e. The van der Waals surface area contributed by atoms with Crippen LogP contribution < -0.4 is 4.74 Å². The molecule has 0 spiro atoms. The van der Waals surface area contributed by atoms with Gasteiger partial charge in [-0.25, -0.2) is 0 Å². The predicted octanol–water partition coefficient (Wildman–Crippen LogP) is 5.09. The van der Waals surface area contributed by atoms with Gasteiger partial charge in [0, 0.05) is 4.88 Å². The number of ether oxygens (including phenoxy) is 1. The molecule has 0 fully saturated rings. The molecule has 1 heterocycles. The molecule has 2 rings (SSSR count). The van der Waals surface area contributed by atoms with Crippen molar-refractivity contribution in [1.29, 1.82) is 0 Å². The maximum absolute atomic E-state index is 12.1. The second-order valence-corrected chi connectivity index (χ2v) is 6.38. The van der Waals surface area contributed by atoms with Gasteiger partial charge in [0.05, 0.1) is 4.88 Å². The molecule has 0 radical (unpaired) electrons. The van der Waals surface area contributed by atoms with E-state index < -0.39 is 0 Å². The van der Waals surface area contributed by atoms with Crippen LogP contribution in [-0.2, 0) is 6.42 Å². The van der Waals surface area contributed by atoms with Gasteiger partial charge in [-0.2, -0.15) is 0 Å². The Hall–Kier alpha value is -1.61. The van der Waals surface area contributed by atoms with Crippen molar-refractivity contribution < 1.29 is 9.53 Å². The summed E-state index contributed by atoms with van der Waals surface area (Å²) in [6.45, 7) is 6.59. The standard InChI is InChI=1S/C18H22O2S/c1-4-13(3)14-6-8-15(9-7-14)20-12-17(19)18-11-10-16(5-2)21-18/h6-11,13H,4-5,12H2,1-3H3. The summed E-state index contributed by atoms with van der Waals surface area (Å²) < 4.78 is 5.59. The number of ketones is 1. The van der Waals surface area contributed by atoms with E-state index in [2.05, 4.69) is 32.9 Å². The van der Waals surface area contributed by atoms with E-state index in [9.17, 15) is 4.79 Å². The third-order valence-electron chi connectivity index (χ3n) is 3.72. The molecule has 21 heavy (non-hydrogen) atoms. The molecule has 0 amide bonds. The van der Waals surface area contributed by atoms with Crippen LogP contribution in [0.2, 0.25) is 0 Å². The van der Waals surface area contributed by atoms with Crippen LogP contribution >= 0.6 is 11.3 Å². The van der Waals surface area contributed by atoms with E-state index in [-0.39, 0.29) is 12.4 Å². The molecule has 0 aliphatic carbocycles. The van der Waals surface area contributed by atoms with Gasteiger partial charge in [-0.15, -0.1) is 11.3 Å². The molecule has 1 unspecified atom stereocenters. The van der Waals surface area contributed by atoms with Gasteiger partial charge in [-0.05, 0) is 48.6 Å². The van der Waals surface area contributed by atoms with Gasteiger partial charge >= 0.3 is 0 Å². The van der Waals surface area contributed by atoms with Gasteiger partial charge in [-0.1, -0.05) is 32.9 Å². The Morgan fingerprint density at radius 2 is 1.86 bits per heavy atom. The molecule has 0 saturated carbocycles. The minimum absolute atomic E-state index is 0.0469. The smallest absolute Gasteiger partial charge is 0.210 e. The lowest BCUT2D eigenvalue weighted by atomic mass is 9.99. The van der Waals surface area contributed by atoms with Crippen LogP contribution in [0.15, 0.2) is 36.4 Å².